The standard InChI is InChI=1S/C17H21N3O3S/c1-14-12-18-17(21)9-11-19(14)13-15-6-5-10-20(15)24(22,23)16-7-3-2-4-8-16/h2-8,10,14H,9,11-13H2,1H3,(H,18,21)/t14-/m0/s1. The lowest BCUT2D eigenvalue weighted by Gasteiger charge is -2.26. The second kappa shape index (κ2) is 6.78. The Morgan fingerprint density at radius 3 is 2.67 bits per heavy atom. The van der Waals surface area contributed by atoms with Gasteiger partial charge in [-0.2, -0.15) is 0 Å². The van der Waals surface area contributed by atoms with Crippen LogP contribution in [0.4, 0.5) is 0 Å². The molecule has 2 heterocycles. The van der Waals surface area contributed by atoms with Gasteiger partial charge in [0.1, 0.15) is 0 Å². The van der Waals surface area contributed by atoms with Crippen LogP contribution in [0.3, 0.4) is 0 Å². The number of hydrogen-bond acceptors (Lipinski definition) is 4. The van der Waals surface area contributed by atoms with Gasteiger partial charge in [0, 0.05) is 44.0 Å². The van der Waals surface area contributed by atoms with Crippen molar-refractivity contribution in [2.75, 3.05) is 13.1 Å². The van der Waals surface area contributed by atoms with Gasteiger partial charge >= 0.3 is 0 Å². The number of nitrogens with one attached hydrogen (secondary N) is 1. The van der Waals surface area contributed by atoms with Crippen LogP contribution in [0.2, 0.25) is 0 Å². The second-order valence-electron chi connectivity index (χ2n) is 5.99. The maximum atomic E-state index is 12.8. The van der Waals surface area contributed by atoms with E-state index in [1.165, 1.54) is 3.97 Å². The van der Waals surface area contributed by atoms with Crippen LogP contribution in [0.5, 0.6) is 0 Å². The van der Waals surface area contributed by atoms with Gasteiger partial charge in [0.25, 0.3) is 10.0 Å². The molecule has 1 N–H and O–H groups in total. The average molecular weight is 347 g/mol. The summed E-state index contributed by atoms with van der Waals surface area (Å²) >= 11 is 0. The highest BCUT2D eigenvalue weighted by atomic mass is 32.2. The molecule has 0 radical (unpaired) electrons. The lowest BCUT2D eigenvalue weighted by molar-refractivity contribution is -0.120. The van der Waals surface area contributed by atoms with Gasteiger partial charge in [-0.25, -0.2) is 12.4 Å². The first kappa shape index (κ1) is 16.7. The van der Waals surface area contributed by atoms with Crippen molar-refractivity contribution < 1.29 is 13.2 Å². The van der Waals surface area contributed by atoms with E-state index >= 15 is 0 Å². The van der Waals surface area contributed by atoms with E-state index < -0.39 is 10.0 Å². The molecule has 7 heteroatoms. The summed E-state index contributed by atoms with van der Waals surface area (Å²) in [6.07, 6.45) is 2.00. The molecule has 1 aliphatic rings. The first-order valence-electron chi connectivity index (χ1n) is 7.96. The van der Waals surface area contributed by atoms with Crippen LogP contribution in [0.25, 0.3) is 0 Å². The van der Waals surface area contributed by atoms with Crippen molar-refractivity contribution in [3.8, 4) is 0 Å². The van der Waals surface area contributed by atoms with Gasteiger partial charge in [0.05, 0.1) is 4.90 Å². The van der Waals surface area contributed by atoms with Gasteiger partial charge in [-0.1, -0.05) is 18.2 Å². The van der Waals surface area contributed by atoms with Crippen molar-refractivity contribution in [1.29, 1.82) is 0 Å². The minimum atomic E-state index is -3.61. The summed E-state index contributed by atoms with van der Waals surface area (Å²) < 4.78 is 27.0. The average Bonchev–Trinajstić information content (AvgIpc) is 3.00. The molecular weight excluding hydrogens is 326 g/mol. The predicted octanol–water partition coefficient (Wildman–Crippen LogP) is 1.44. The molecule has 24 heavy (non-hydrogen) atoms. The maximum Gasteiger partial charge on any atom is 0.267 e. The Kier molecular flexibility index (Phi) is 4.73. The van der Waals surface area contributed by atoms with E-state index in [4.69, 9.17) is 0 Å². The van der Waals surface area contributed by atoms with Crippen LogP contribution in [0.1, 0.15) is 19.0 Å². The fourth-order valence-electron chi connectivity index (χ4n) is 2.85. The zero-order chi connectivity index (χ0) is 17.2. The molecule has 3 rings (SSSR count). The summed E-state index contributed by atoms with van der Waals surface area (Å²) in [6, 6.07) is 12.1. The van der Waals surface area contributed by atoms with Crippen molar-refractivity contribution in [2.24, 2.45) is 0 Å². The Balaban J connectivity index is 1.87. The third-order valence-corrected chi connectivity index (χ3v) is 6.04. The highest BCUT2D eigenvalue weighted by Crippen LogP contribution is 2.19. The zero-order valence-corrected chi connectivity index (χ0v) is 14.4. The summed E-state index contributed by atoms with van der Waals surface area (Å²) in [6.45, 7) is 3.70. The zero-order valence-electron chi connectivity index (χ0n) is 13.6. The largest absolute Gasteiger partial charge is 0.355 e. The number of carbonyl (C=O) groups is 1. The summed E-state index contributed by atoms with van der Waals surface area (Å²) in [5, 5.41) is 2.87. The van der Waals surface area contributed by atoms with E-state index in [9.17, 15) is 13.2 Å². The van der Waals surface area contributed by atoms with Crippen LogP contribution in [-0.2, 0) is 21.4 Å². The maximum absolute atomic E-state index is 12.8. The molecule has 1 aliphatic heterocycles. The second-order valence-corrected chi connectivity index (χ2v) is 7.80. The van der Waals surface area contributed by atoms with Gasteiger partial charge in [0.2, 0.25) is 5.91 Å². The normalized spacial score (nSPS) is 19.7. The van der Waals surface area contributed by atoms with Crippen molar-refractivity contribution >= 4 is 15.9 Å². The third-order valence-electron chi connectivity index (χ3n) is 4.30. The predicted molar refractivity (Wildman–Crippen MR) is 91.0 cm³/mol. The minimum Gasteiger partial charge on any atom is -0.355 e. The highest BCUT2D eigenvalue weighted by Gasteiger charge is 2.24. The molecule has 0 saturated carbocycles. The molecule has 1 aromatic heterocycles. The van der Waals surface area contributed by atoms with E-state index in [1.54, 1.807) is 42.6 Å². The van der Waals surface area contributed by atoms with Crippen LogP contribution in [-0.4, -0.2) is 42.3 Å². The smallest absolute Gasteiger partial charge is 0.267 e. The van der Waals surface area contributed by atoms with Gasteiger partial charge in [-0.15, -0.1) is 0 Å². The molecule has 1 saturated heterocycles. The Morgan fingerprint density at radius 1 is 1.17 bits per heavy atom. The molecular formula is C17H21N3O3S. The molecule has 128 valence electrons. The highest BCUT2D eigenvalue weighted by molar-refractivity contribution is 7.90. The topological polar surface area (TPSA) is 71.4 Å². The van der Waals surface area contributed by atoms with Crippen LogP contribution in [0, 0.1) is 0 Å². The first-order valence-corrected chi connectivity index (χ1v) is 9.40. The molecule has 1 fully saturated rings. The summed E-state index contributed by atoms with van der Waals surface area (Å²) in [7, 11) is -3.61. The van der Waals surface area contributed by atoms with E-state index in [0.717, 1.165) is 0 Å². The molecule has 1 amide bonds. The van der Waals surface area contributed by atoms with Crippen molar-refractivity contribution in [1.82, 2.24) is 14.2 Å². The molecule has 6 nitrogen and oxygen atoms in total. The first-order chi connectivity index (χ1) is 11.5. The number of aromatic nitrogens is 1. The fourth-order valence-corrected chi connectivity index (χ4v) is 4.24. The molecule has 0 bridgehead atoms. The lowest BCUT2D eigenvalue weighted by atomic mass is 10.2. The number of hydrogen-bond donors (Lipinski definition) is 1. The summed E-state index contributed by atoms with van der Waals surface area (Å²) in [5.41, 5.74) is 0.694. The summed E-state index contributed by atoms with van der Waals surface area (Å²) in [4.78, 5) is 13.9. The van der Waals surface area contributed by atoms with E-state index in [-0.39, 0.29) is 16.8 Å². The van der Waals surface area contributed by atoms with Crippen LogP contribution < -0.4 is 5.32 Å². The molecule has 0 spiro atoms. The number of nitrogens with zero attached hydrogens (tertiary/aromatic N) is 2. The number of rotatable bonds is 4. The van der Waals surface area contributed by atoms with Crippen LogP contribution in [0.15, 0.2) is 53.6 Å². The van der Waals surface area contributed by atoms with Crippen molar-refractivity contribution in [3.63, 3.8) is 0 Å². The number of benzene rings is 1. The van der Waals surface area contributed by atoms with E-state index in [0.29, 0.717) is 31.7 Å². The fraction of sp³-hybridized carbons (Fsp3) is 0.353. The van der Waals surface area contributed by atoms with Gasteiger partial charge in [-0.05, 0) is 31.2 Å². The Hall–Kier alpha value is -2.12. The Morgan fingerprint density at radius 2 is 1.92 bits per heavy atom. The monoisotopic (exact) mass is 347 g/mol. The van der Waals surface area contributed by atoms with Crippen LogP contribution >= 0.6 is 0 Å². The van der Waals surface area contributed by atoms with E-state index in [2.05, 4.69) is 10.2 Å². The number of amides is 1. The molecule has 1 aromatic carbocycles. The van der Waals surface area contributed by atoms with Gasteiger partial charge in [-0.3, -0.25) is 9.69 Å². The quantitative estimate of drug-likeness (QED) is 0.908. The van der Waals surface area contributed by atoms with Crippen molar-refractivity contribution in [3.05, 3.63) is 54.4 Å². The summed E-state index contributed by atoms with van der Waals surface area (Å²) in [5.74, 6) is 0.0386. The third kappa shape index (κ3) is 3.37. The van der Waals surface area contributed by atoms with Gasteiger partial charge < -0.3 is 5.32 Å². The van der Waals surface area contributed by atoms with Crippen molar-refractivity contribution in [2.45, 2.75) is 30.8 Å². The molecule has 1 atom stereocenters. The molecule has 2 aromatic rings. The molecule has 0 unspecified atom stereocenters. The molecule has 0 aliphatic carbocycles. The van der Waals surface area contributed by atoms with Gasteiger partial charge in [0.15, 0.2) is 0 Å². The van der Waals surface area contributed by atoms with E-state index in [1.807, 2.05) is 13.0 Å². The SMILES string of the molecule is C[C@H]1CNC(=O)CCN1Cc1cccn1S(=O)(=O)c1ccccc1. The minimum absolute atomic E-state index is 0.0386. The Bertz CT molecular complexity index is 815. The number of carbonyl (C=O) groups excluding carboxylic acids is 1. The Labute approximate surface area is 142 Å². The lowest BCUT2D eigenvalue weighted by Crippen LogP contribution is -2.37.